The average molecular weight is 494 g/mol. The summed E-state index contributed by atoms with van der Waals surface area (Å²) in [6.45, 7) is 8.24. The zero-order chi connectivity index (χ0) is 25.3. The van der Waals surface area contributed by atoms with Gasteiger partial charge < -0.3 is 14.8 Å². The Hall–Kier alpha value is -3.34. The molecule has 0 aromatic heterocycles. The van der Waals surface area contributed by atoms with Crippen LogP contribution >= 0.6 is 0 Å². The maximum Gasteiger partial charge on any atom is 0.412 e. The molecule has 2 aromatic carbocycles. The summed E-state index contributed by atoms with van der Waals surface area (Å²) in [7, 11) is -4.16. The van der Waals surface area contributed by atoms with Crippen molar-refractivity contribution in [3.63, 3.8) is 0 Å². The van der Waals surface area contributed by atoms with E-state index in [0.717, 1.165) is 16.4 Å². The molecule has 0 aliphatic carbocycles. The molecule has 9 nitrogen and oxygen atoms in total. The van der Waals surface area contributed by atoms with E-state index < -0.39 is 39.7 Å². The molecule has 0 radical (unpaired) electrons. The number of sulfonamides is 1. The van der Waals surface area contributed by atoms with Crippen LogP contribution in [0.15, 0.2) is 47.4 Å². The highest BCUT2D eigenvalue weighted by molar-refractivity contribution is 7.92. The van der Waals surface area contributed by atoms with Gasteiger partial charge in [-0.05, 0) is 70.2 Å². The summed E-state index contributed by atoms with van der Waals surface area (Å²) >= 11 is 0. The molecule has 2 amide bonds. The van der Waals surface area contributed by atoms with E-state index >= 15 is 0 Å². The first kappa shape index (κ1) is 25.3. The van der Waals surface area contributed by atoms with E-state index in [9.17, 15) is 22.4 Å². The third kappa shape index (κ3) is 5.77. The summed E-state index contributed by atoms with van der Waals surface area (Å²) in [5.74, 6) is -0.609. The molecule has 34 heavy (non-hydrogen) atoms. The number of fused-ring (bicyclic) bond motifs is 1. The molecule has 11 heteroatoms. The lowest BCUT2D eigenvalue weighted by atomic mass is 10.1. The topological polar surface area (TPSA) is 114 Å². The second kappa shape index (κ2) is 9.49. The number of halogens is 1. The molecule has 2 atom stereocenters. The highest BCUT2D eigenvalue weighted by Gasteiger charge is 2.40. The van der Waals surface area contributed by atoms with Crippen LogP contribution in [-0.2, 0) is 19.6 Å². The Morgan fingerprint density at radius 3 is 2.38 bits per heavy atom. The standard InChI is InChI=1S/C23H28FN3O6S/c1-14-21(13-25-15(2)28)32-20-11-8-17(26-22(29)33-23(3,4)5)12-19(20)27(14)34(30,31)18-9-6-16(24)7-10-18/h6-12,14,21H,13H2,1-5H3,(H,25,28)(H,26,29)/t14-,21+/m1/s1. The van der Waals surface area contributed by atoms with Gasteiger partial charge >= 0.3 is 6.09 Å². The molecule has 2 aromatic rings. The second-order valence-corrected chi connectivity index (χ2v) is 10.7. The van der Waals surface area contributed by atoms with Crippen LogP contribution in [0.3, 0.4) is 0 Å². The van der Waals surface area contributed by atoms with Gasteiger partial charge in [-0.1, -0.05) is 0 Å². The molecule has 184 valence electrons. The minimum absolute atomic E-state index is 0.0727. The monoisotopic (exact) mass is 493 g/mol. The largest absolute Gasteiger partial charge is 0.484 e. The van der Waals surface area contributed by atoms with E-state index in [1.807, 2.05) is 0 Å². The first-order chi connectivity index (χ1) is 15.8. The molecule has 0 unspecified atom stereocenters. The smallest absolute Gasteiger partial charge is 0.412 e. The summed E-state index contributed by atoms with van der Waals surface area (Å²) in [5.41, 5.74) is -0.238. The number of hydrogen-bond acceptors (Lipinski definition) is 6. The van der Waals surface area contributed by atoms with Gasteiger partial charge in [0.05, 0.1) is 23.2 Å². The number of carbonyl (C=O) groups excluding carboxylic acids is 2. The number of amides is 2. The number of anilines is 2. The predicted octanol–water partition coefficient (Wildman–Crippen LogP) is 3.65. The fourth-order valence-electron chi connectivity index (χ4n) is 3.45. The van der Waals surface area contributed by atoms with Crippen molar-refractivity contribution in [2.24, 2.45) is 0 Å². The lowest BCUT2D eigenvalue weighted by molar-refractivity contribution is -0.119. The van der Waals surface area contributed by atoms with Gasteiger partial charge in [-0.3, -0.25) is 14.4 Å². The molecule has 1 heterocycles. The van der Waals surface area contributed by atoms with Gasteiger partial charge in [-0.2, -0.15) is 0 Å². The van der Waals surface area contributed by atoms with Crippen molar-refractivity contribution < 1.29 is 31.9 Å². The minimum atomic E-state index is -4.16. The molecule has 0 spiro atoms. The average Bonchev–Trinajstić information content (AvgIpc) is 2.71. The Labute approximate surface area is 198 Å². The molecular formula is C23H28FN3O6S. The third-order valence-electron chi connectivity index (χ3n) is 4.95. The molecule has 2 N–H and O–H groups in total. The molecule has 3 rings (SSSR count). The third-order valence-corrected chi connectivity index (χ3v) is 6.87. The van der Waals surface area contributed by atoms with Gasteiger partial charge in [0.2, 0.25) is 5.91 Å². The maximum atomic E-state index is 13.6. The molecule has 0 fully saturated rings. The van der Waals surface area contributed by atoms with Crippen LogP contribution in [0.1, 0.15) is 34.6 Å². The minimum Gasteiger partial charge on any atom is -0.484 e. The number of nitrogens with zero attached hydrogens (tertiary/aromatic N) is 1. The van der Waals surface area contributed by atoms with Gasteiger partial charge in [-0.25, -0.2) is 17.6 Å². The normalized spacial score (nSPS) is 17.9. The number of carbonyl (C=O) groups is 2. The van der Waals surface area contributed by atoms with Crippen LogP contribution in [0.25, 0.3) is 0 Å². The molecule has 1 aliphatic rings. The quantitative estimate of drug-likeness (QED) is 0.657. The van der Waals surface area contributed by atoms with Crippen molar-refractivity contribution >= 4 is 33.4 Å². The molecule has 0 saturated heterocycles. The van der Waals surface area contributed by atoms with E-state index in [1.54, 1.807) is 33.8 Å². The second-order valence-electron chi connectivity index (χ2n) is 8.90. The van der Waals surface area contributed by atoms with Crippen molar-refractivity contribution in [1.82, 2.24) is 5.32 Å². The van der Waals surface area contributed by atoms with Crippen molar-refractivity contribution in [1.29, 1.82) is 0 Å². The Morgan fingerprint density at radius 2 is 1.79 bits per heavy atom. The van der Waals surface area contributed by atoms with Crippen molar-refractivity contribution in [2.75, 3.05) is 16.2 Å². The van der Waals surface area contributed by atoms with E-state index in [4.69, 9.17) is 9.47 Å². The predicted molar refractivity (Wildman–Crippen MR) is 125 cm³/mol. The summed E-state index contributed by atoms with van der Waals surface area (Å²) in [4.78, 5) is 23.5. The van der Waals surface area contributed by atoms with Crippen molar-refractivity contribution in [3.8, 4) is 5.75 Å². The van der Waals surface area contributed by atoms with Crippen LogP contribution in [0.2, 0.25) is 0 Å². The van der Waals surface area contributed by atoms with Crippen LogP contribution in [0.4, 0.5) is 20.6 Å². The number of benzene rings is 2. The summed E-state index contributed by atoms with van der Waals surface area (Å²) < 4.78 is 53.1. The van der Waals surface area contributed by atoms with E-state index in [-0.39, 0.29) is 28.8 Å². The van der Waals surface area contributed by atoms with Crippen LogP contribution in [0, 0.1) is 5.82 Å². The Bertz CT molecular complexity index is 1180. The van der Waals surface area contributed by atoms with E-state index in [2.05, 4.69) is 10.6 Å². The zero-order valence-electron chi connectivity index (χ0n) is 19.6. The molecule has 1 aliphatic heterocycles. The van der Waals surface area contributed by atoms with Crippen molar-refractivity contribution in [2.45, 2.75) is 57.3 Å². The highest BCUT2D eigenvalue weighted by atomic mass is 32.2. The van der Waals surface area contributed by atoms with Crippen LogP contribution < -0.4 is 19.7 Å². The van der Waals surface area contributed by atoms with Crippen LogP contribution in [0.5, 0.6) is 5.75 Å². The fraction of sp³-hybridized carbons (Fsp3) is 0.391. The molecule has 0 bridgehead atoms. The van der Waals surface area contributed by atoms with Gasteiger partial charge in [0.15, 0.2) is 0 Å². The van der Waals surface area contributed by atoms with Crippen molar-refractivity contribution in [3.05, 3.63) is 48.3 Å². The summed E-state index contributed by atoms with van der Waals surface area (Å²) in [5, 5.41) is 5.24. The fourth-order valence-corrected chi connectivity index (χ4v) is 5.13. The number of rotatable bonds is 5. The molecular weight excluding hydrogens is 465 g/mol. The zero-order valence-corrected chi connectivity index (χ0v) is 20.4. The highest BCUT2D eigenvalue weighted by Crippen LogP contribution is 2.41. The first-order valence-electron chi connectivity index (χ1n) is 10.6. The lowest BCUT2D eigenvalue weighted by Gasteiger charge is -2.41. The van der Waals surface area contributed by atoms with Gasteiger partial charge in [-0.15, -0.1) is 0 Å². The Kier molecular flexibility index (Phi) is 7.06. The number of ether oxygens (including phenoxy) is 2. The van der Waals surface area contributed by atoms with Crippen LogP contribution in [-0.4, -0.2) is 44.7 Å². The Morgan fingerprint density at radius 1 is 1.15 bits per heavy atom. The number of nitrogens with one attached hydrogen (secondary N) is 2. The van der Waals surface area contributed by atoms with E-state index in [1.165, 1.54) is 31.2 Å². The molecule has 0 saturated carbocycles. The van der Waals surface area contributed by atoms with Gasteiger partial charge in [0.25, 0.3) is 10.0 Å². The summed E-state index contributed by atoms with van der Waals surface area (Å²) in [6, 6.07) is 8.29. The lowest BCUT2D eigenvalue weighted by Crippen LogP contribution is -2.54. The van der Waals surface area contributed by atoms with E-state index in [0.29, 0.717) is 5.69 Å². The first-order valence-corrected chi connectivity index (χ1v) is 12.1. The SMILES string of the molecule is CC(=O)NC[C@@H]1Oc2ccc(NC(=O)OC(C)(C)C)cc2N(S(=O)(=O)c2ccc(F)cc2)[C@@H]1C. The number of hydrogen-bond donors (Lipinski definition) is 2. The van der Waals surface area contributed by atoms with Gasteiger partial charge in [0, 0.05) is 12.6 Å². The Balaban J connectivity index is 2.04. The summed E-state index contributed by atoms with van der Waals surface area (Å²) in [6.07, 6.45) is -1.40. The maximum absolute atomic E-state index is 13.6. The van der Waals surface area contributed by atoms with Gasteiger partial charge in [0.1, 0.15) is 23.3 Å².